The molecule has 2 N–H and O–H groups in total. The van der Waals surface area contributed by atoms with Crippen LogP contribution in [0.3, 0.4) is 0 Å². The number of hydrogen-bond donors (Lipinski definition) is 2. The average Bonchev–Trinajstić information content (AvgIpc) is 3.06. The average molecular weight is 641 g/mol. The monoisotopic (exact) mass is 640 g/mol. The van der Waals surface area contributed by atoms with Crippen molar-refractivity contribution >= 4 is 53.0 Å². The van der Waals surface area contributed by atoms with E-state index in [1.54, 1.807) is 20.7 Å². The van der Waals surface area contributed by atoms with E-state index in [-0.39, 0.29) is 44.0 Å². The lowest BCUT2D eigenvalue weighted by Crippen LogP contribution is -2.49. The second kappa shape index (κ2) is 11.6. The fourth-order valence-electron chi connectivity index (χ4n) is 8.73. The molecule has 2 saturated carbocycles. The quantitative estimate of drug-likeness (QED) is 0.170. The van der Waals surface area contributed by atoms with Gasteiger partial charge in [0.15, 0.2) is 0 Å². The van der Waals surface area contributed by atoms with Gasteiger partial charge in [-0.1, -0.05) is 37.8 Å². The van der Waals surface area contributed by atoms with Gasteiger partial charge in [-0.05, 0) is 92.6 Å². The van der Waals surface area contributed by atoms with E-state index in [4.69, 9.17) is 0 Å². The summed E-state index contributed by atoms with van der Waals surface area (Å²) in [5, 5.41) is 14.8. The predicted octanol–water partition coefficient (Wildman–Crippen LogP) is 6.88. The van der Waals surface area contributed by atoms with Gasteiger partial charge in [-0.15, -0.1) is 4.91 Å². The van der Waals surface area contributed by atoms with Crippen LogP contribution in [-0.2, 0) is 20.0 Å². The summed E-state index contributed by atoms with van der Waals surface area (Å²) in [5.41, 5.74) is 2.42. The van der Waals surface area contributed by atoms with Crippen molar-refractivity contribution in [2.45, 2.75) is 98.9 Å². The number of benzene rings is 3. The van der Waals surface area contributed by atoms with Crippen LogP contribution in [0.1, 0.15) is 77.0 Å². The number of hydrogen-bond acceptors (Lipinski definition) is 8. The van der Waals surface area contributed by atoms with Crippen molar-refractivity contribution in [2.75, 3.05) is 18.6 Å². The molecule has 0 aromatic heterocycles. The first-order chi connectivity index (χ1) is 21.3. The van der Waals surface area contributed by atoms with E-state index >= 15 is 0 Å². The zero-order valence-electron chi connectivity index (χ0n) is 24.8. The predicted molar refractivity (Wildman–Crippen MR) is 170 cm³/mol. The smallest absolute Gasteiger partial charge is 0.243 e. The van der Waals surface area contributed by atoms with E-state index in [2.05, 4.69) is 10.7 Å². The number of fused-ring (bicyclic) bond motifs is 4. The summed E-state index contributed by atoms with van der Waals surface area (Å²) in [5.74, 6) is 0.719. The Morgan fingerprint density at radius 2 is 1.07 bits per heavy atom. The maximum Gasteiger partial charge on any atom is 0.243 e. The van der Waals surface area contributed by atoms with Crippen molar-refractivity contribution in [3.63, 3.8) is 0 Å². The molecule has 2 saturated heterocycles. The molecule has 0 spiro atoms. The lowest BCUT2D eigenvalue weighted by molar-refractivity contribution is 0.129. The zero-order valence-corrected chi connectivity index (χ0v) is 26.5. The summed E-state index contributed by atoms with van der Waals surface area (Å²) in [6.07, 6.45) is 11.7. The number of sulfonamides is 2. The Morgan fingerprint density at radius 1 is 0.636 bits per heavy atom. The summed E-state index contributed by atoms with van der Waals surface area (Å²) in [7, 11) is -7.75. The molecule has 4 fully saturated rings. The molecule has 3 aromatic carbocycles. The van der Waals surface area contributed by atoms with E-state index in [9.17, 15) is 26.9 Å². The molecule has 3 aromatic rings. The lowest BCUT2D eigenvalue weighted by atomic mass is 9.79. The van der Waals surface area contributed by atoms with Gasteiger partial charge in [-0.2, -0.15) is 8.61 Å². The van der Waals surface area contributed by atoms with Crippen molar-refractivity contribution in [1.82, 2.24) is 8.61 Å². The molecule has 2 aliphatic carbocycles. The highest BCUT2D eigenvalue weighted by molar-refractivity contribution is 7.89. The van der Waals surface area contributed by atoms with Crippen molar-refractivity contribution in [3.05, 3.63) is 41.3 Å². The van der Waals surface area contributed by atoms with Gasteiger partial charge in [0.25, 0.3) is 0 Å². The minimum Gasteiger partial charge on any atom is -0.291 e. The highest BCUT2D eigenvalue weighted by Gasteiger charge is 2.41. The number of nitroso groups, excluding NO2 is 1. The van der Waals surface area contributed by atoms with Gasteiger partial charge in [0.05, 0.1) is 15.5 Å². The maximum atomic E-state index is 14.0. The molecule has 0 radical (unpaired) electrons. The Morgan fingerprint density at radius 3 is 1.50 bits per heavy atom. The van der Waals surface area contributed by atoms with Crippen molar-refractivity contribution < 1.29 is 22.0 Å². The molecule has 2 heterocycles. The Balaban J connectivity index is 1.35. The minimum atomic E-state index is -3.87. The van der Waals surface area contributed by atoms with Crippen LogP contribution in [0.2, 0.25) is 0 Å². The molecule has 0 bridgehead atoms. The standard InChI is InChI=1S/C32H40N4O6S2/c37-33-31-25-15-13-23(43(39,40)35-17-5-9-21-7-1-3-11-29(21)35)19-27(25)32(34-38)28-20-24(14-16-26(28)31)44(41,42)36-18-6-10-22-8-2-4-12-30(22)36/h13-16,19-22,29-30,33,37H,1-12,17-18H2. The van der Waals surface area contributed by atoms with E-state index in [0.29, 0.717) is 35.7 Å². The Hall–Kier alpha value is -2.64. The van der Waals surface area contributed by atoms with Gasteiger partial charge in [-0.25, -0.2) is 16.8 Å². The van der Waals surface area contributed by atoms with E-state index in [1.807, 2.05) is 0 Å². The van der Waals surface area contributed by atoms with Gasteiger partial charge in [0, 0.05) is 46.7 Å². The van der Waals surface area contributed by atoms with Crippen LogP contribution in [0.4, 0.5) is 11.4 Å². The molecule has 12 heteroatoms. The van der Waals surface area contributed by atoms with Crippen LogP contribution in [0.5, 0.6) is 0 Å². The molecule has 44 heavy (non-hydrogen) atoms. The van der Waals surface area contributed by atoms with Crippen LogP contribution in [0.15, 0.2) is 51.4 Å². The number of nitrogens with zero attached hydrogens (tertiary/aromatic N) is 3. The maximum absolute atomic E-state index is 14.0. The molecular formula is C32H40N4O6S2. The zero-order chi connectivity index (χ0) is 30.6. The van der Waals surface area contributed by atoms with Crippen molar-refractivity contribution in [1.29, 1.82) is 0 Å². The Bertz CT molecular complexity index is 1700. The number of nitrogens with one attached hydrogen (secondary N) is 1. The SMILES string of the molecule is O=Nc1c2cc(S(=O)(=O)N3CCCC4CCCCC43)ccc2c(NO)c2ccc(S(=O)(=O)N3CCCC4CCCCC43)cc12. The van der Waals surface area contributed by atoms with E-state index in [1.165, 1.54) is 24.3 Å². The van der Waals surface area contributed by atoms with Gasteiger partial charge in [0.2, 0.25) is 20.0 Å². The molecule has 4 atom stereocenters. The van der Waals surface area contributed by atoms with Gasteiger partial charge >= 0.3 is 0 Å². The summed E-state index contributed by atoms with van der Waals surface area (Å²) in [6.45, 7) is 0.919. The molecule has 236 valence electrons. The molecule has 2 aliphatic heterocycles. The van der Waals surface area contributed by atoms with Crippen LogP contribution >= 0.6 is 0 Å². The first-order valence-electron chi connectivity index (χ1n) is 16.1. The van der Waals surface area contributed by atoms with Crippen LogP contribution < -0.4 is 5.48 Å². The third-order valence-electron chi connectivity index (χ3n) is 10.8. The topological polar surface area (TPSA) is 136 Å². The van der Waals surface area contributed by atoms with E-state index < -0.39 is 20.0 Å². The Kier molecular flexibility index (Phi) is 7.93. The molecule has 7 rings (SSSR count). The molecule has 10 nitrogen and oxygen atoms in total. The first-order valence-corrected chi connectivity index (χ1v) is 18.9. The highest BCUT2D eigenvalue weighted by atomic mass is 32.2. The summed E-state index contributed by atoms with van der Waals surface area (Å²) in [4.78, 5) is 12.6. The number of anilines is 1. The second-order valence-electron chi connectivity index (χ2n) is 13.1. The van der Waals surface area contributed by atoms with Gasteiger partial charge < -0.3 is 0 Å². The van der Waals surface area contributed by atoms with Crippen molar-refractivity contribution in [3.8, 4) is 0 Å². The third-order valence-corrected chi connectivity index (χ3v) is 14.7. The fourth-order valence-corrected chi connectivity index (χ4v) is 12.3. The van der Waals surface area contributed by atoms with Crippen LogP contribution in [0.25, 0.3) is 21.5 Å². The summed E-state index contributed by atoms with van der Waals surface area (Å²) in [6, 6.07) is 9.04. The first kappa shape index (κ1) is 30.0. The molecule has 4 aliphatic rings. The normalized spacial score (nSPS) is 27.1. The van der Waals surface area contributed by atoms with Crippen molar-refractivity contribution in [2.24, 2.45) is 17.0 Å². The third kappa shape index (κ3) is 4.84. The van der Waals surface area contributed by atoms with E-state index in [0.717, 1.165) is 77.0 Å². The number of piperidine rings is 2. The minimum absolute atomic E-state index is 0.0283. The van der Waals surface area contributed by atoms with Crippen LogP contribution in [-0.4, -0.2) is 55.8 Å². The highest BCUT2D eigenvalue weighted by Crippen LogP contribution is 2.45. The lowest BCUT2D eigenvalue weighted by Gasteiger charge is -2.43. The van der Waals surface area contributed by atoms with Crippen LogP contribution in [0, 0.1) is 16.7 Å². The molecule has 4 unspecified atom stereocenters. The fraction of sp³-hybridized carbons (Fsp3) is 0.562. The van der Waals surface area contributed by atoms with Gasteiger partial charge in [-0.3, -0.25) is 10.7 Å². The molecule has 0 amide bonds. The van der Waals surface area contributed by atoms with Gasteiger partial charge in [0.1, 0.15) is 5.69 Å². The number of rotatable bonds is 6. The largest absolute Gasteiger partial charge is 0.291 e. The summed E-state index contributed by atoms with van der Waals surface area (Å²) >= 11 is 0. The Labute approximate surface area is 258 Å². The molecular weight excluding hydrogens is 601 g/mol. The summed E-state index contributed by atoms with van der Waals surface area (Å²) < 4.78 is 59.5. The second-order valence-corrected chi connectivity index (χ2v) is 16.9.